The lowest BCUT2D eigenvalue weighted by Crippen LogP contribution is -2.48. The van der Waals surface area contributed by atoms with E-state index < -0.39 is 23.1 Å². The molecule has 1 aliphatic carbocycles. The van der Waals surface area contributed by atoms with Gasteiger partial charge in [0.2, 0.25) is 0 Å². The highest BCUT2D eigenvalue weighted by atomic mass is 79.9. The molecule has 114 valence electrons. The number of benzene rings is 1. The predicted molar refractivity (Wildman–Crippen MR) is 76.5 cm³/mol. The smallest absolute Gasteiger partial charge is 0.311 e. The predicted octanol–water partition coefficient (Wildman–Crippen LogP) is 2.34. The van der Waals surface area contributed by atoms with Gasteiger partial charge < -0.3 is 15.2 Å². The Morgan fingerprint density at radius 1 is 1.43 bits per heavy atom. The van der Waals surface area contributed by atoms with Crippen molar-refractivity contribution in [3.8, 4) is 5.75 Å². The molecule has 0 aliphatic heterocycles. The van der Waals surface area contributed by atoms with Crippen molar-refractivity contribution in [1.82, 2.24) is 5.32 Å². The zero-order valence-corrected chi connectivity index (χ0v) is 12.8. The third kappa shape index (κ3) is 3.72. The van der Waals surface area contributed by atoms with Crippen LogP contribution in [0.4, 0.5) is 4.39 Å². The molecule has 1 aromatic rings. The summed E-state index contributed by atoms with van der Waals surface area (Å²) in [6, 6.07) is 4.25. The standard InChI is InChI=1S/C14H15BrFNO4/c15-9-2-3-11(10(16)6-9)21-7-12(18)17-8-14(13(19)20)4-1-5-14/h2-3,6H,1,4-5,7-8H2,(H,17,18)(H,19,20). The average Bonchev–Trinajstić information content (AvgIpc) is 2.36. The van der Waals surface area contributed by atoms with Crippen molar-refractivity contribution >= 4 is 27.8 Å². The second-order valence-corrected chi connectivity index (χ2v) is 5.99. The molecule has 5 nitrogen and oxygen atoms in total. The van der Waals surface area contributed by atoms with Crippen LogP contribution < -0.4 is 10.1 Å². The molecule has 2 N–H and O–H groups in total. The molecule has 7 heteroatoms. The minimum Gasteiger partial charge on any atom is -0.481 e. The number of carbonyl (C=O) groups excluding carboxylic acids is 1. The molecule has 0 spiro atoms. The molecule has 21 heavy (non-hydrogen) atoms. The third-order valence-electron chi connectivity index (χ3n) is 3.64. The maximum absolute atomic E-state index is 13.5. The first-order chi connectivity index (χ1) is 9.93. The minimum absolute atomic E-state index is 0.0232. The maximum atomic E-state index is 13.5. The van der Waals surface area contributed by atoms with Gasteiger partial charge in [0.1, 0.15) is 0 Å². The van der Waals surface area contributed by atoms with E-state index in [1.807, 2.05) is 0 Å². The molecule has 2 rings (SSSR count). The zero-order valence-electron chi connectivity index (χ0n) is 11.2. The van der Waals surface area contributed by atoms with E-state index in [-0.39, 0.29) is 18.9 Å². The van der Waals surface area contributed by atoms with Gasteiger partial charge in [-0.2, -0.15) is 0 Å². The lowest BCUT2D eigenvalue weighted by Gasteiger charge is -2.37. The van der Waals surface area contributed by atoms with E-state index in [0.29, 0.717) is 17.3 Å². The van der Waals surface area contributed by atoms with E-state index in [1.165, 1.54) is 12.1 Å². The molecule has 0 aromatic heterocycles. The van der Waals surface area contributed by atoms with E-state index in [1.54, 1.807) is 6.07 Å². The molecule has 1 aliphatic rings. The molecule has 1 saturated carbocycles. The van der Waals surface area contributed by atoms with Crippen molar-refractivity contribution in [3.05, 3.63) is 28.5 Å². The fraction of sp³-hybridized carbons (Fsp3) is 0.429. The third-order valence-corrected chi connectivity index (χ3v) is 4.13. The van der Waals surface area contributed by atoms with E-state index >= 15 is 0 Å². The molecule has 0 saturated heterocycles. The van der Waals surface area contributed by atoms with Crippen molar-refractivity contribution < 1.29 is 23.8 Å². The number of nitrogens with one attached hydrogen (secondary N) is 1. The van der Waals surface area contributed by atoms with Crippen LogP contribution in [0.15, 0.2) is 22.7 Å². The van der Waals surface area contributed by atoms with E-state index in [2.05, 4.69) is 21.2 Å². The van der Waals surface area contributed by atoms with Crippen molar-refractivity contribution in [2.24, 2.45) is 5.41 Å². The molecule has 1 aromatic carbocycles. The highest BCUT2D eigenvalue weighted by Gasteiger charge is 2.44. The number of carbonyl (C=O) groups is 2. The fourth-order valence-corrected chi connectivity index (χ4v) is 2.46. The number of hydrogen-bond acceptors (Lipinski definition) is 3. The normalized spacial score (nSPS) is 15.9. The summed E-state index contributed by atoms with van der Waals surface area (Å²) >= 11 is 3.12. The van der Waals surface area contributed by atoms with Crippen LogP contribution in [0.2, 0.25) is 0 Å². The first-order valence-corrected chi connectivity index (χ1v) is 7.30. The van der Waals surface area contributed by atoms with Crippen molar-refractivity contribution in [3.63, 3.8) is 0 Å². The van der Waals surface area contributed by atoms with Crippen LogP contribution in [0.5, 0.6) is 5.75 Å². The Kier molecular flexibility index (Phi) is 4.82. The molecule has 0 unspecified atom stereocenters. The van der Waals surface area contributed by atoms with Gasteiger partial charge in [-0.1, -0.05) is 22.4 Å². The van der Waals surface area contributed by atoms with Gasteiger partial charge in [0.15, 0.2) is 18.2 Å². The summed E-state index contributed by atoms with van der Waals surface area (Å²) in [7, 11) is 0. The Morgan fingerprint density at radius 2 is 2.14 bits per heavy atom. The number of carboxylic acid groups (broad SMARTS) is 1. The van der Waals surface area contributed by atoms with E-state index in [4.69, 9.17) is 9.84 Å². The van der Waals surface area contributed by atoms with Crippen molar-refractivity contribution in [1.29, 1.82) is 0 Å². The van der Waals surface area contributed by atoms with Gasteiger partial charge in [-0.05, 0) is 31.0 Å². The summed E-state index contributed by atoms with van der Waals surface area (Å²) < 4.78 is 19.1. The van der Waals surface area contributed by atoms with Crippen LogP contribution in [0.1, 0.15) is 19.3 Å². The molecule has 0 bridgehead atoms. The number of ether oxygens (including phenoxy) is 1. The monoisotopic (exact) mass is 359 g/mol. The second-order valence-electron chi connectivity index (χ2n) is 5.08. The van der Waals surface area contributed by atoms with Crippen molar-refractivity contribution in [2.75, 3.05) is 13.2 Å². The zero-order chi connectivity index (χ0) is 15.5. The Labute approximate surface area is 129 Å². The number of aliphatic carboxylic acids is 1. The lowest BCUT2D eigenvalue weighted by molar-refractivity contribution is -0.154. The van der Waals surface area contributed by atoms with Crippen LogP contribution in [0.3, 0.4) is 0 Å². The van der Waals surface area contributed by atoms with Crippen molar-refractivity contribution in [2.45, 2.75) is 19.3 Å². The number of halogens is 2. The first kappa shape index (κ1) is 15.8. The van der Waals surface area contributed by atoms with Crippen LogP contribution in [0, 0.1) is 11.2 Å². The van der Waals surface area contributed by atoms with Gasteiger partial charge in [0.25, 0.3) is 5.91 Å². The number of hydrogen-bond donors (Lipinski definition) is 2. The average molecular weight is 360 g/mol. The van der Waals surface area contributed by atoms with Gasteiger partial charge in [0, 0.05) is 11.0 Å². The molecule has 0 heterocycles. The van der Waals surface area contributed by atoms with Crippen LogP contribution in [-0.4, -0.2) is 30.1 Å². The highest BCUT2D eigenvalue weighted by molar-refractivity contribution is 9.10. The summed E-state index contributed by atoms with van der Waals surface area (Å²) in [5.74, 6) is -1.96. The van der Waals surface area contributed by atoms with Gasteiger partial charge >= 0.3 is 5.97 Å². The van der Waals surface area contributed by atoms with Gasteiger partial charge in [0.05, 0.1) is 5.41 Å². The molecule has 1 amide bonds. The maximum Gasteiger partial charge on any atom is 0.311 e. The van der Waals surface area contributed by atoms with E-state index in [0.717, 1.165) is 6.42 Å². The van der Waals surface area contributed by atoms with Gasteiger partial charge in [-0.15, -0.1) is 0 Å². The SMILES string of the molecule is O=C(COc1ccc(Br)cc1F)NCC1(C(=O)O)CCC1. The number of rotatable bonds is 6. The molecular formula is C14H15BrFNO4. The minimum atomic E-state index is -0.895. The Balaban J connectivity index is 1.81. The van der Waals surface area contributed by atoms with Crippen LogP contribution in [-0.2, 0) is 9.59 Å². The second kappa shape index (κ2) is 6.43. The summed E-state index contributed by atoms with van der Waals surface area (Å²) in [5.41, 5.74) is -0.849. The quantitative estimate of drug-likeness (QED) is 0.817. The summed E-state index contributed by atoms with van der Waals surface area (Å²) in [6.45, 7) is -0.276. The molecule has 1 fully saturated rings. The molecule has 0 radical (unpaired) electrons. The molecular weight excluding hydrogens is 345 g/mol. The number of carboxylic acids is 1. The summed E-state index contributed by atoms with van der Waals surface area (Å²) in [5, 5.41) is 11.7. The highest BCUT2D eigenvalue weighted by Crippen LogP contribution is 2.40. The number of amides is 1. The Morgan fingerprint density at radius 3 is 2.67 bits per heavy atom. The first-order valence-electron chi connectivity index (χ1n) is 6.51. The van der Waals surface area contributed by atoms with Gasteiger partial charge in [-0.3, -0.25) is 9.59 Å². The largest absolute Gasteiger partial charge is 0.481 e. The van der Waals surface area contributed by atoms with Gasteiger partial charge in [-0.25, -0.2) is 4.39 Å². The fourth-order valence-electron chi connectivity index (χ4n) is 2.12. The van der Waals surface area contributed by atoms with Crippen LogP contribution >= 0.6 is 15.9 Å². The topological polar surface area (TPSA) is 75.6 Å². The Hall–Kier alpha value is -1.63. The van der Waals surface area contributed by atoms with E-state index in [9.17, 15) is 14.0 Å². The summed E-state index contributed by atoms with van der Waals surface area (Å²) in [4.78, 5) is 22.8. The van der Waals surface area contributed by atoms with Crippen LogP contribution in [0.25, 0.3) is 0 Å². The lowest BCUT2D eigenvalue weighted by atomic mass is 9.69. The summed E-state index contributed by atoms with van der Waals surface area (Å²) in [6.07, 6.45) is 1.97. The molecule has 0 atom stereocenters. The Bertz CT molecular complexity index is 560.